The Morgan fingerprint density at radius 2 is 1.62 bits per heavy atom. The van der Waals surface area contributed by atoms with Crippen molar-refractivity contribution in [3.8, 4) is 0 Å². The van der Waals surface area contributed by atoms with Gasteiger partial charge in [-0.3, -0.25) is 9.59 Å². The van der Waals surface area contributed by atoms with Crippen LogP contribution in [0.2, 0.25) is 0 Å². The lowest BCUT2D eigenvalue weighted by atomic mass is 9.92. The van der Waals surface area contributed by atoms with E-state index in [1.54, 1.807) is 50.5 Å². The second-order valence-electron chi connectivity index (χ2n) is 6.47. The van der Waals surface area contributed by atoms with Gasteiger partial charge in [0.1, 0.15) is 0 Å². The Labute approximate surface area is 151 Å². The van der Waals surface area contributed by atoms with Crippen molar-refractivity contribution < 1.29 is 19.5 Å². The number of rotatable bonds is 3. The molecule has 2 aromatic carbocycles. The molecule has 1 unspecified atom stereocenters. The minimum atomic E-state index is -1.05. The summed E-state index contributed by atoms with van der Waals surface area (Å²) in [5.74, 6) is -1.56. The number of amides is 2. The molecule has 1 heterocycles. The number of aliphatic carboxylic acids is 1. The molecule has 0 radical (unpaired) electrons. The van der Waals surface area contributed by atoms with Gasteiger partial charge in [-0.25, -0.2) is 4.79 Å². The molecule has 6 heteroatoms. The molecule has 0 spiro atoms. The van der Waals surface area contributed by atoms with Gasteiger partial charge in [-0.2, -0.15) is 0 Å². The minimum Gasteiger partial charge on any atom is -0.479 e. The fraction of sp³-hybridized carbons (Fsp3) is 0.250. The maximum Gasteiger partial charge on any atom is 0.331 e. The summed E-state index contributed by atoms with van der Waals surface area (Å²) in [7, 11) is 3.31. The van der Waals surface area contributed by atoms with Crippen LogP contribution < -0.4 is 0 Å². The van der Waals surface area contributed by atoms with Crippen molar-refractivity contribution in [2.75, 3.05) is 20.6 Å². The van der Waals surface area contributed by atoms with E-state index in [0.29, 0.717) is 29.7 Å². The lowest BCUT2D eigenvalue weighted by Crippen LogP contribution is -2.43. The minimum absolute atomic E-state index is 0.153. The van der Waals surface area contributed by atoms with Crippen molar-refractivity contribution in [3.63, 3.8) is 0 Å². The highest BCUT2D eigenvalue weighted by Gasteiger charge is 2.36. The zero-order valence-electron chi connectivity index (χ0n) is 14.7. The van der Waals surface area contributed by atoms with E-state index < -0.39 is 12.0 Å². The van der Waals surface area contributed by atoms with Crippen molar-refractivity contribution in [2.45, 2.75) is 12.5 Å². The Balaban J connectivity index is 1.90. The van der Waals surface area contributed by atoms with E-state index in [1.807, 2.05) is 12.1 Å². The van der Waals surface area contributed by atoms with Gasteiger partial charge in [-0.05, 0) is 41.8 Å². The van der Waals surface area contributed by atoms with Crippen LogP contribution in [0.5, 0.6) is 0 Å². The quantitative estimate of drug-likeness (QED) is 0.919. The Kier molecular flexibility index (Phi) is 4.75. The zero-order chi connectivity index (χ0) is 18.8. The molecule has 0 aromatic heterocycles. The smallest absolute Gasteiger partial charge is 0.331 e. The average Bonchev–Trinajstić information content (AvgIpc) is 2.65. The third-order valence-corrected chi connectivity index (χ3v) is 4.56. The third kappa shape index (κ3) is 3.18. The van der Waals surface area contributed by atoms with Crippen LogP contribution in [0.4, 0.5) is 0 Å². The number of carboxylic acids is 1. The summed E-state index contributed by atoms with van der Waals surface area (Å²) in [4.78, 5) is 39.5. The molecule has 0 saturated heterocycles. The maximum atomic E-state index is 12.9. The first-order valence-electron chi connectivity index (χ1n) is 8.33. The Morgan fingerprint density at radius 3 is 2.23 bits per heavy atom. The standard InChI is InChI=1S/C20H20N2O4/c1-21(2)18(23)14-7-9-15(10-8-14)19(24)22-12-11-13-5-3-4-6-16(13)17(22)20(25)26/h3-10,17H,11-12H2,1-2H3,(H,25,26). The number of fused-ring (bicyclic) bond motifs is 1. The summed E-state index contributed by atoms with van der Waals surface area (Å²) in [6.07, 6.45) is 0.614. The van der Waals surface area contributed by atoms with Crippen molar-refractivity contribution in [1.82, 2.24) is 9.80 Å². The molecule has 2 aromatic rings. The summed E-state index contributed by atoms with van der Waals surface area (Å²) in [6, 6.07) is 12.6. The van der Waals surface area contributed by atoms with Crippen LogP contribution in [0.1, 0.15) is 37.9 Å². The highest BCUT2D eigenvalue weighted by molar-refractivity contribution is 5.99. The van der Waals surface area contributed by atoms with E-state index in [4.69, 9.17) is 0 Å². The van der Waals surface area contributed by atoms with Gasteiger partial charge in [0.05, 0.1) is 0 Å². The molecule has 3 rings (SSSR count). The molecular weight excluding hydrogens is 332 g/mol. The van der Waals surface area contributed by atoms with Crippen molar-refractivity contribution >= 4 is 17.8 Å². The van der Waals surface area contributed by atoms with Crippen LogP contribution in [0.25, 0.3) is 0 Å². The van der Waals surface area contributed by atoms with Crippen LogP contribution in [-0.2, 0) is 11.2 Å². The Morgan fingerprint density at radius 1 is 1.00 bits per heavy atom. The summed E-state index contributed by atoms with van der Waals surface area (Å²) < 4.78 is 0. The van der Waals surface area contributed by atoms with Gasteiger partial charge in [-0.15, -0.1) is 0 Å². The molecule has 2 amide bonds. The SMILES string of the molecule is CN(C)C(=O)c1ccc(C(=O)N2CCc3ccccc3C2C(=O)O)cc1. The van der Waals surface area contributed by atoms with E-state index in [9.17, 15) is 19.5 Å². The van der Waals surface area contributed by atoms with E-state index >= 15 is 0 Å². The van der Waals surface area contributed by atoms with Gasteiger partial charge >= 0.3 is 5.97 Å². The number of nitrogens with zero attached hydrogens (tertiary/aromatic N) is 2. The van der Waals surface area contributed by atoms with Crippen LogP contribution >= 0.6 is 0 Å². The highest BCUT2D eigenvalue weighted by Crippen LogP contribution is 2.31. The third-order valence-electron chi connectivity index (χ3n) is 4.56. The number of hydrogen-bond donors (Lipinski definition) is 1. The summed E-state index contributed by atoms with van der Waals surface area (Å²) >= 11 is 0. The van der Waals surface area contributed by atoms with E-state index in [1.165, 1.54) is 9.80 Å². The van der Waals surface area contributed by atoms with Crippen molar-refractivity contribution in [1.29, 1.82) is 0 Å². The molecule has 0 saturated carbocycles. The summed E-state index contributed by atoms with van der Waals surface area (Å²) in [5.41, 5.74) is 2.45. The molecule has 1 aliphatic heterocycles. The first-order valence-corrected chi connectivity index (χ1v) is 8.33. The average molecular weight is 352 g/mol. The van der Waals surface area contributed by atoms with E-state index in [0.717, 1.165) is 5.56 Å². The first-order chi connectivity index (χ1) is 12.4. The van der Waals surface area contributed by atoms with Gasteiger partial charge in [-0.1, -0.05) is 24.3 Å². The second kappa shape index (κ2) is 7.00. The monoisotopic (exact) mass is 352 g/mol. The first kappa shape index (κ1) is 17.7. The molecule has 1 N–H and O–H groups in total. The molecule has 6 nitrogen and oxygen atoms in total. The van der Waals surface area contributed by atoms with Crippen LogP contribution in [-0.4, -0.2) is 53.3 Å². The van der Waals surface area contributed by atoms with Crippen molar-refractivity contribution in [2.24, 2.45) is 0 Å². The van der Waals surface area contributed by atoms with Gasteiger partial charge in [0, 0.05) is 31.8 Å². The molecular formula is C20H20N2O4. The number of hydrogen-bond acceptors (Lipinski definition) is 3. The van der Waals surface area contributed by atoms with Crippen molar-refractivity contribution in [3.05, 3.63) is 70.8 Å². The number of carbonyl (C=O) groups is 3. The Bertz CT molecular complexity index is 858. The fourth-order valence-corrected chi connectivity index (χ4v) is 3.23. The van der Waals surface area contributed by atoms with Crippen LogP contribution in [0, 0.1) is 0 Å². The topological polar surface area (TPSA) is 77.9 Å². The maximum absolute atomic E-state index is 12.9. The number of carboxylic acid groups (broad SMARTS) is 1. The number of benzene rings is 2. The fourth-order valence-electron chi connectivity index (χ4n) is 3.23. The second-order valence-corrected chi connectivity index (χ2v) is 6.47. The van der Waals surface area contributed by atoms with Crippen LogP contribution in [0.3, 0.4) is 0 Å². The molecule has 1 aliphatic rings. The predicted octanol–water partition coefficient (Wildman–Crippen LogP) is 2.21. The lowest BCUT2D eigenvalue weighted by Gasteiger charge is -2.34. The molecule has 134 valence electrons. The highest BCUT2D eigenvalue weighted by atomic mass is 16.4. The molecule has 0 aliphatic carbocycles. The predicted molar refractivity (Wildman–Crippen MR) is 96.0 cm³/mol. The molecule has 0 fully saturated rings. The molecule has 0 bridgehead atoms. The molecule has 26 heavy (non-hydrogen) atoms. The van der Waals surface area contributed by atoms with Gasteiger partial charge in [0.15, 0.2) is 6.04 Å². The number of carbonyl (C=O) groups excluding carboxylic acids is 2. The van der Waals surface area contributed by atoms with E-state index in [2.05, 4.69) is 0 Å². The summed E-state index contributed by atoms with van der Waals surface area (Å²) in [5, 5.41) is 9.69. The lowest BCUT2D eigenvalue weighted by molar-refractivity contribution is -0.143. The van der Waals surface area contributed by atoms with Gasteiger partial charge in [0.2, 0.25) is 0 Å². The normalized spacial score (nSPS) is 15.9. The Hall–Kier alpha value is -3.15. The largest absolute Gasteiger partial charge is 0.479 e. The van der Waals surface area contributed by atoms with Crippen LogP contribution in [0.15, 0.2) is 48.5 Å². The molecule has 1 atom stereocenters. The van der Waals surface area contributed by atoms with E-state index in [-0.39, 0.29) is 11.8 Å². The zero-order valence-corrected chi connectivity index (χ0v) is 14.7. The van der Waals surface area contributed by atoms with Gasteiger partial charge < -0.3 is 14.9 Å². The summed E-state index contributed by atoms with van der Waals surface area (Å²) in [6.45, 7) is 0.338. The van der Waals surface area contributed by atoms with Gasteiger partial charge in [0.25, 0.3) is 11.8 Å².